The summed E-state index contributed by atoms with van der Waals surface area (Å²) in [6, 6.07) is 18.9. The third-order valence-electron chi connectivity index (χ3n) is 5.18. The lowest BCUT2D eigenvalue weighted by molar-refractivity contribution is -0.118. The highest BCUT2D eigenvalue weighted by molar-refractivity contribution is 7.99. The molecular formula is C26H24FN5O4S. The molecule has 0 saturated heterocycles. The van der Waals surface area contributed by atoms with E-state index in [4.69, 9.17) is 14.2 Å². The maximum atomic E-state index is 13.0. The summed E-state index contributed by atoms with van der Waals surface area (Å²) in [5.74, 6) is 1.32. The van der Waals surface area contributed by atoms with E-state index in [0.29, 0.717) is 39.4 Å². The minimum atomic E-state index is -0.342. The van der Waals surface area contributed by atoms with E-state index in [2.05, 4.69) is 20.7 Å². The molecule has 0 unspecified atom stereocenters. The van der Waals surface area contributed by atoms with Crippen LogP contribution in [-0.2, 0) is 4.79 Å². The number of thioether (sulfide) groups is 1. The number of hydrazone groups is 1. The molecule has 0 aliphatic rings. The molecule has 1 aromatic heterocycles. The number of para-hydroxylation sites is 1. The van der Waals surface area contributed by atoms with Crippen molar-refractivity contribution in [3.8, 4) is 34.3 Å². The maximum Gasteiger partial charge on any atom is 0.250 e. The Morgan fingerprint density at radius 1 is 1.00 bits per heavy atom. The Hall–Kier alpha value is -4.38. The predicted molar refractivity (Wildman–Crippen MR) is 139 cm³/mol. The Morgan fingerprint density at radius 3 is 2.30 bits per heavy atom. The largest absolute Gasteiger partial charge is 0.493 e. The summed E-state index contributed by atoms with van der Waals surface area (Å²) in [4.78, 5) is 12.4. The summed E-state index contributed by atoms with van der Waals surface area (Å²) in [6.45, 7) is 0. The van der Waals surface area contributed by atoms with Gasteiger partial charge < -0.3 is 14.2 Å². The summed E-state index contributed by atoms with van der Waals surface area (Å²) >= 11 is 1.21. The van der Waals surface area contributed by atoms with Gasteiger partial charge in [-0.2, -0.15) is 5.10 Å². The maximum absolute atomic E-state index is 13.0. The van der Waals surface area contributed by atoms with E-state index in [-0.39, 0.29) is 17.5 Å². The zero-order valence-electron chi connectivity index (χ0n) is 20.3. The number of hydrogen-bond donors (Lipinski definition) is 1. The number of aromatic nitrogens is 3. The van der Waals surface area contributed by atoms with Gasteiger partial charge in [-0.15, -0.1) is 10.2 Å². The lowest BCUT2D eigenvalue weighted by Crippen LogP contribution is -2.20. The van der Waals surface area contributed by atoms with Gasteiger partial charge in [0.25, 0.3) is 5.91 Å². The molecule has 9 nitrogen and oxygen atoms in total. The summed E-state index contributed by atoms with van der Waals surface area (Å²) in [7, 11) is 4.62. The molecule has 4 rings (SSSR count). The molecule has 190 valence electrons. The second kappa shape index (κ2) is 12.0. The number of benzene rings is 3. The van der Waals surface area contributed by atoms with E-state index in [0.717, 1.165) is 5.69 Å². The van der Waals surface area contributed by atoms with Crippen LogP contribution in [0.3, 0.4) is 0 Å². The molecule has 11 heteroatoms. The van der Waals surface area contributed by atoms with Crippen molar-refractivity contribution in [3.05, 3.63) is 78.1 Å². The molecule has 1 N–H and O–H groups in total. The topological polar surface area (TPSA) is 99.9 Å². The highest BCUT2D eigenvalue weighted by Crippen LogP contribution is 2.41. The van der Waals surface area contributed by atoms with Crippen molar-refractivity contribution in [1.82, 2.24) is 20.2 Å². The number of nitrogens with zero attached hydrogens (tertiary/aromatic N) is 4. The Morgan fingerprint density at radius 2 is 1.68 bits per heavy atom. The van der Waals surface area contributed by atoms with Crippen LogP contribution in [0.15, 0.2) is 77.0 Å². The summed E-state index contributed by atoms with van der Waals surface area (Å²) in [5, 5.41) is 13.2. The molecule has 1 amide bonds. The smallest absolute Gasteiger partial charge is 0.250 e. The number of amides is 1. The van der Waals surface area contributed by atoms with E-state index in [9.17, 15) is 9.18 Å². The van der Waals surface area contributed by atoms with Crippen LogP contribution in [0.5, 0.6) is 17.2 Å². The van der Waals surface area contributed by atoms with Crippen molar-refractivity contribution in [1.29, 1.82) is 0 Å². The van der Waals surface area contributed by atoms with Crippen LogP contribution in [0, 0.1) is 5.82 Å². The molecule has 3 aromatic carbocycles. The van der Waals surface area contributed by atoms with E-state index in [1.54, 1.807) is 38.5 Å². The van der Waals surface area contributed by atoms with E-state index >= 15 is 0 Å². The number of carbonyl (C=O) groups is 1. The van der Waals surface area contributed by atoms with Crippen molar-refractivity contribution in [3.63, 3.8) is 0 Å². The van der Waals surface area contributed by atoms with Crippen molar-refractivity contribution in [2.45, 2.75) is 5.16 Å². The van der Waals surface area contributed by atoms with Crippen LogP contribution < -0.4 is 19.6 Å². The Balaban J connectivity index is 1.59. The fourth-order valence-corrected chi connectivity index (χ4v) is 4.20. The number of hydrogen-bond acceptors (Lipinski definition) is 8. The van der Waals surface area contributed by atoms with Crippen molar-refractivity contribution in [2.24, 2.45) is 5.10 Å². The van der Waals surface area contributed by atoms with Gasteiger partial charge in [0.2, 0.25) is 5.75 Å². The van der Waals surface area contributed by atoms with E-state index in [1.165, 1.54) is 37.2 Å². The van der Waals surface area contributed by atoms with Crippen molar-refractivity contribution in [2.75, 3.05) is 27.1 Å². The highest BCUT2D eigenvalue weighted by Gasteiger charge is 2.21. The number of halogens is 1. The first-order chi connectivity index (χ1) is 18.0. The molecule has 4 aromatic rings. The fraction of sp³-hybridized carbons (Fsp3) is 0.154. The lowest BCUT2D eigenvalue weighted by atomic mass is 10.1. The monoisotopic (exact) mass is 521 g/mol. The molecule has 0 aliphatic carbocycles. The normalized spacial score (nSPS) is 10.9. The van der Waals surface area contributed by atoms with Gasteiger partial charge in [-0.3, -0.25) is 9.36 Å². The summed E-state index contributed by atoms with van der Waals surface area (Å²) in [6.07, 6.45) is 1.44. The SMILES string of the molecule is COc1cc(-c2nnc(SCC(=O)N/N=C/c3ccc(F)cc3)n2-c2ccccc2)cc(OC)c1OC. The van der Waals surface area contributed by atoms with Crippen molar-refractivity contribution >= 4 is 23.9 Å². The molecule has 0 radical (unpaired) electrons. The molecule has 0 bridgehead atoms. The zero-order valence-corrected chi connectivity index (χ0v) is 21.2. The van der Waals surface area contributed by atoms with Crippen LogP contribution in [0.1, 0.15) is 5.56 Å². The first-order valence-electron chi connectivity index (χ1n) is 11.1. The second-order valence-corrected chi connectivity index (χ2v) is 8.47. The quantitative estimate of drug-likeness (QED) is 0.188. The molecule has 0 saturated carbocycles. The molecule has 1 heterocycles. The van der Waals surface area contributed by atoms with Gasteiger partial charge in [0.05, 0.1) is 33.3 Å². The van der Waals surface area contributed by atoms with Crippen LogP contribution in [0.2, 0.25) is 0 Å². The molecule has 0 atom stereocenters. The average molecular weight is 522 g/mol. The Labute approximate surface area is 217 Å². The van der Waals surface area contributed by atoms with Gasteiger partial charge in [0, 0.05) is 11.3 Å². The van der Waals surface area contributed by atoms with Crippen LogP contribution in [0.25, 0.3) is 17.1 Å². The third kappa shape index (κ3) is 6.07. The standard InChI is InChI=1S/C26H24FN5O4S/c1-34-21-13-18(14-22(35-2)24(21)36-3)25-30-31-26(32(25)20-7-5-4-6-8-20)37-16-23(33)29-28-15-17-9-11-19(27)12-10-17/h4-15H,16H2,1-3H3,(H,29,33)/b28-15+. The number of methoxy groups -OCH3 is 3. The Kier molecular flexibility index (Phi) is 8.37. The minimum absolute atomic E-state index is 0.0426. The predicted octanol–water partition coefficient (Wildman–Crippen LogP) is 4.34. The first-order valence-corrected chi connectivity index (χ1v) is 12.0. The average Bonchev–Trinajstić information content (AvgIpc) is 3.36. The lowest BCUT2D eigenvalue weighted by Gasteiger charge is -2.15. The molecular weight excluding hydrogens is 497 g/mol. The zero-order chi connectivity index (χ0) is 26.2. The molecule has 0 spiro atoms. The van der Waals surface area contributed by atoms with Gasteiger partial charge in [0.15, 0.2) is 22.5 Å². The molecule has 0 fully saturated rings. The van der Waals surface area contributed by atoms with Gasteiger partial charge in [-0.25, -0.2) is 9.82 Å². The van der Waals surface area contributed by atoms with Gasteiger partial charge in [-0.05, 0) is 42.0 Å². The van der Waals surface area contributed by atoms with Gasteiger partial charge in [-0.1, -0.05) is 42.1 Å². The number of carbonyl (C=O) groups excluding carboxylic acids is 1. The highest BCUT2D eigenvalue weighted by atomic mass is 32.2. The second-order valence-electron chi connectivity index (χ2n) is 7.52. The van der Waals surface area contributed by atoms with E-state index in [1.807, 2.05) is 34.9 Å². The van der Waals surface area contributed by atoms with Crippen LogP contribution in [0.4, 0.5) is 4.39 Å². The number of ether oxygens (including phenoxy) is 3. The molecule has 37 heavy (non-hydrogen) atoms. The fourth-order valence-electron chi connectivity index (χ4n) is 3.46. The third-order valence-corrected chi connectivity index (χ3v) is 6.10. The molecule has 0 aliphatic heterocycles. The number of nitrogens with one attached hydrogen (secondary N) is 1. The Bertz CT molecular complexity index is 1370. The van der Waals surface area contributed by atoms with Gasteiger partial charge in [0.1, 0.15) is 5.82 Å². The van der Waals surface area contributed by atoms with Crippen LogP contribution >= 0.6 is 11.8 Å². The van der Waals surface area contributed by atoms with Crippen molar-refractivity contribution < 1.29 is 23.4 Å². The minimum Gasteiger partial charge on any atom is -0.493 e. The first kappa shape index (κ1) is 25.7. The van der Waals surface area contributed by atoms with Gasteiger partial charge >= 0.3 is 0 Å². The van der Waals surface area contributed by atoms with E-state index < -0.39 is 0 Å². The summed E-state index contributed by atoms with van der Waals surface area (Å²) < 4.78 is 31.3. The number of rotatable bonds is 10. The summed E-state index contributed by atoms with van der Waals surface area (Å²) in [5.41, 5.74) is 4.63. The van der Waals surface area contributed by atoms with Crippen LogP contribution in [-0.4, -0.2) is 54.0 Å².